The van der Waals surface area contributed by atoms with Crippen LogP contribution >= 0.6 is 0 Å². The molecule has 1 aliphatic rings. The van der Waals surface area contributed by atoms with E-state index >= 15 is 0 Å². The van der Waals surface area contributed by atoms with Crippen LogP contribution in [0.15, 0.2) is 77.7 Å². The molecule has 1 amide bonds. The van der Waals surface area contributed by atoms with Crippen molar-refractivity contribution in [2.24, 2.45) is 0 Å². The fraction of sp³-hybridized carbons (Fsp3) is 0.250. The molecule has 1 unspecified atom stereocenters. The molecule has 1 aromatic heterocycles. The Morgan fingerprint density at radius 1 is 1.00 bits per heavy atom. The number of nitrogens with one attached hydrogen (secondary N) is 1. The van der Waals surface area contributed by atoms with E-state index in [4.69, 9.17) is 0 Å². The maximum atomic E-state index is 13.2. The molecule has 148 valence electrons. The van der Waals surface area contributed by atoms with E-state index in [1.54, 1.807) is 17.2 Å². The number of amides is 1. The molecule has 0 saturated heterocycles. The quantitative estimate of drug-likeness (QED) is 0.682. The van der Waals surface area contributed by atoms with Gasteiger partial charge in [0.25, 0.3) is 0 Å². The molecule has 5 nitrogen and oxygen atoms in total. The van der Waals surface area contributed by atoms with E-state index in [9.17, 15) is 14.7 Å². The minimum absolute atomic E-state index is 0.0845. The molecule has 2 N–H and O–H groups in total. The van der Waals surface area contributed by atoms with Crippen LogP contribution in [0.25, 0.3) is 0 Å². The second kappa shape index (κ2) is 8.05. The lowest BCUT2D eigenvalue weighted by molar-refractivity contribution is -0.135. The van der Waals surface area contributed by atoms with E-state index in [1.807, 2.05) is 54.6 Å². The fourth-order valence-electron chi connectivity index (χ4n) is 4.02. The summed E-state index contributed by atoms with van der Waals surface area (Å²) >= 11 is 0. The lowest BCUT2D eigenvalue weighted by atomic mass is 9.94. The summed E-state index contributed by atoms with van der Waals surface area (Å²) in [6, 6.07) is 20.8. The van der Waals surface area contributed by atoms with Crippen LogP contribution in [0.3, 0.4) is 0 Å². The first-order valence-electron chi connectivity index (χ1n) is 9.84. The Hall–Kier alpha value is -3.18. The van der Waals surface area contributed by atoms with Crippen LogP contribution in [-0.4, -0.2) is 27.4 Å². The van der Waals surface area contributed by atoms with Gasteiger partial charge in [-0.25, -0.2) is 0 Å². The summed E-state index contributed by atoms with van der Waals surface area (Å²) < 4.78 is 0. The van der Waals surface area contributed by atoms with E-state index in [-0.39, 0.29) is 24.4 Å². The summed E-state index contributed by atoms with van der Waals surface area (Å²) in [6.07, 6.45) is 3.14. The number of aromatic amines is 1. The van der Waals surface area contributed by atoms with Gasteiger partial charge in [0.2, 0.25) is 11.5 Å². The van der Waals surface area contributed by atoms with Crippen molar-refractivity contribution in [2.45, 2.75) is 31.4 Å². The Morgan fingerprint density at radius 2 is 1.76 bits per heavy atom. The number of pyridine rings is 1. The molecule has 3 aromatic rings. The van der Waals surface area contributed by atoms with Gasteiger partial charge in [0.05, 0.1) is 13.0 Å². The van der Waals surface area contributed by atoms with Crippen LogP contribution in [0.1, 0.15) is 28.7 Å². The van der Waals surface area contributed by atoms with Gasteiger partial charge in [-0.1, -0.05) is 60.7 Å². The van der Waals surface area contributed by atoms with Gasteiger partial charge in [-0.05, 0) is 35.1 Å². The monoisotopic (exact) mass is 388 g/mol. The maximum absolute atomic E-state index is 13.2. The molecule has 0 spiro atoms. The predicted molar refractivity (Wildman–Crippen MR) is 111 cm³/mol. The molecule has 29 heavy (non-hydrogen) atoms. The molecular formula is C24H24N2O3. The number of H-pyrrole nitrogens is 1. The second-order valence-electron chi connectivity index (χ2n) is 7.66. The van der Waals surface area contributed by atoms with Gasteiger partial charge in [-0.2, -0.15) is 0 Å². The third-order valence-electron chi connectivity index (χ3n) is 5.55. The first-order valence-corrected chi connectivity index (χ1v) is 9.84. The molecule has 1 aliphatic carbocycles. The number of benzene rings is 2. The summed E-state index contributed by atoms with van der Waals surface area (Å²) in [7, 11) is 0. The van der Waals surface area contributed by atoms with Crippen LogP contribution in [0, 0.1) is 0 Å². The molecule has 0 saturated carbocycles. The molecule has 0 aliphatic heterocycles. The third-order valence-corrected chi connectivity index (χ3v) is 5.55. The number of aliphatic hydroxyl groups is 1. The van der Waals surface area contributed by atoms with E-state index in [0.29, 0.717) is 13.0 Å². The van der Waals surface area contributed by atoms with Crippen molar-refractivity contribution in [3.05, 3.63) is 106 Å². The van der Waals surface area contributed by atoms with Crippen molar-refractivity contribution in [3.8, 4) is 0 Å². The van der Waals surface area contributed by atoms with Crippen molar-refractivity contribution in [2.75, 3.05) is 6.54 Å². The van der Waals surface area contributed by atoms with Gasteiger partial charge in [0, 0.05) is 18.8 Å². The Balaban J connectivity index is 1.59. The first-order chi connectivity index (χ1) is 14.0. The van der Waals surface area contributed by atoms with Gasteiger partial charge in [-0.3, -0.25) is 9.59 Å². The van der Waals surface area contributed by atoms with Gasteiger partial charge in [0.15, 0.2) is 0 Å². The van der Waals surface area contributed by atoms with Crippen molar-refractivity contribution in [1.29, 1.82) is 0 Å². The molecule has 0 radical (unpaired) electrons. The van der Waals surface area contributed by atoms with Crippen LogP contribution in [0.2, 0.25) is 0 Å². The highest BCUT2D eigenvalue weighted by Gasteiger charge is 2.39. The predicted octanol–water partition coefficient (Wildman–Crippen LogP) is 2.78. The Bertz CT molecular complexity index is 1040. The number of nitrogens with zero attached hydrogens (tertiary/aromatic N) is 1. The smallest absolute Gasteiger partial charge is 0.247 e. The van der Waals surface area contributed by atoms with Crippen LogP contribution in [0.5, 0.6) is 0 Å². The molecule has 2 aromatic carbocycles. The molecule has 0 fully saturated rings. The van der Waals surface area contributed by atoms with E-state index in [0.717, 1.165) is 28.7 Å². The van der Waals surface area contributed by atoms with Crippen molar-refractivity contribution < 1.29 is 9.90 Å². The normalized spacial score (nSPS) is 17.7. The standard InChI is InChI=1S/C24H24N2O3/c27-22-11-10-19(15-25-22)14-23(28)26(16-18-6-2-1-3-7-18)17-24(29)13-12-20-8-4-5-9-21(20)24/h1-11,15,29H,12-14,16-17H2,(H,25,27). The highest BCUT2D eigenvalue weighted by molar-refractivity contribution is 5.78. The van der Waals surface area contributed by atoms with Gasteiger partial charge >= 0.3 is 0 Å². The number of aryl methyl sites for hydroxylation is 1. The second-order valence-corrected chi connectivity index (χ2v) is 7.66. The number of fused-ring (bicyclic) bond motifs is 1. The SMILES string of the molecule is O=C(Cc1ccc(=O)[nH]c1)N(Cc1ccccc1)CC1(O)CCc2ccccc21. The molecule has 0 bridgehead atoms. The third kappa shape index (κ3) is 4.30. The minimum atomic E-state index is -1.05. The summed E-state index contributed by atoms with van der Waals surface area (Å²) in [5.41, 5.74) is 2.56. The number of hydrogen-bond acceptors (Lipinski definition) is 3. The maximum Gasteiger partial charge on any atom is 0.247 e. The van der Waals surface area contributed by atoms with E-state index in [2.05, 4.69) is 4.98 Å². The molecule has 4 rings (SSSR count). The average Bonchev–Trinajstić information content (AvgIpc) is 3.07. The molecule has 1 heterocycles. The summed E-state index contributed by atoms with van der Waals surface area (Å²) in [5, 5.41) is 11.4. The van der Waals surface area contributed by atoms with Crippen molar-refractivity contribution in [3.63, 3.8) is 0 Å². The minimum Gasteiger partial charge on any atom is -0.383 e. The topological polar surface area (TPSA) is 73.4 Å². The summed E-state index contributed by atoms with van der Waals surface area (Å²) in [4.78, 5) is 28.8. The number of rotatable bonds is 6. The van der Waals surface area contributed by atoms with Crippen LogP contribution < -0.4 is 5.56 Å². The zero-order valence-electron chi connectivity index (χ0n) is 16.2. The van der Waals surface area contributed by atoms with Gasteiger partial charge < -0.3 is 15.0 Å². The first kappa shape index (κ1) is 19.2. The van der Waals surface area contributed by atoms with Crippen molar-refractivity contribution >= 4 is 5.91 Å². The Kier molecular flexibility index (Phi) is 5.32. The summed E-state index contributed by atoms with van der Waals surface area (Å²) in [6.45, 7) is 0.661. The molecule has 1 atom stereocenters. The number of carbonyl (C=O) groups is 1. The Morgan fingerprint density at radius 3 is 2.52 bits per heavy atom. The van der Waals surface area contributed by atoms with Gasteiger partial charge in [-0.15, -0.1) is 0 Å². The Labute approximate surface area is 169 Å². The zero-order valence-corrected chi connectivity index (χ0v) is 16.2. The van der Waals surface area contributed by atoms with Gasteiger partial charge in [0.1, 0.15) is 5.60 Å². The molecular weight excluding hydrogens is 364 g/mol. The average molecular weight is 388 g/mol. The summed E-state index contributed by atoms with van der Waals surface area (Å²) in [5.74, 6) is -0.0845. The number of aromatic nitrogens is 1. The fourth-order valence-corrected chi connectivity index (χ4v) is 4.02. The lowest BCUT2D eigenvalue weighted by Gasteiger charge is -2.32. The number of hydrogen-bond donors (Lipinski definition) is 2. The largest absolute Gasteiger partial charge is 0.383 e. The lowest BCUT2D eigenvalue weighted by Crippen LogP contribution is -2.43. The van der Waals surface area contributed by atoms with E-state index < -0.39 is 5.60 Å². The highest BCUT2D eigenvalue weighted by Crippen LogP contribution is 2.37. The van der Waals surface area contributed by atoms with Crippen LogP contribution in [-0.2, 0) is 29.8 Å². The zero-order chi connectivity index (χ0) is 20.3. The number of carbonyl (C=O) groups excluding carboxylic acids is 1. The van der Waals surface area contributed by atoms with Crippen LogP contribution in [0.4, 0.5) is 0 Å². The van der Waals surface area contributed by atoms with Crippen molar-refractivity contribution in [1.82, 2.24) is 9.88 Å². The molecule has 5 heteroatoms. The highest BCUT2D eigenvalue weighted by atomic mass is 16.3. The van der Waals surface area contributed by atoms with E-state index in [1.165, 1.54) is 6.07 Å².